The van der Waals surface area contributed by atoms with Gasteiger partial charge in [0, 0.05) is 16.1 Å². The molecule has 0 saturated heterocycles. The smallest absolute Gasteiger partial charge is 0.331 e. The molecule has 0 atom stereocenters. The maximum atomic E-state index is 12.0. The van der Waals surface area contributed by atoms with Gasteiger partial charge in [-0.05, 0) is 60.9 Å². The molecule has 0 fully saturated rings. The zero-order valence-corrected chi connectivity index (χ0v) is 15.0. The molecule has 5 heteroatoms. The summed E-state index contributed by atoms with van der Waals surface area (Å²) in [7, 11) is 0. The Morgan fingerprint density at radius 3 is 2.12 bits per heavy atom. The summed E-state index contributed by atoms with van der Waals surface area (Å²) in [4.78, 5) is 12.0. The average molecular weight is 365 g/mol. The van der Waals surface area contributed by atoms with Gasteiger partial charge in [-0.1, -0.05) is 35.3 Å². The molecule has 0 unspecified atom stereocenters. The van der Waals surface area contributed by atoms with Crippen molar-refractivity contribution in [3.05, 3.63) is 69.7 Å². The number of esters is 1. The van der Waals surface area contributed by atoms with Gasteiger partial charge < -0.3 is 9.47 Å². The van der Waals surface area contributed by atoms with Gasteiger partial charge in [-0.25, -0.2) is 4.79 Å². The van der Waals surface area contributed by atoms with E-state index in [0.717, 1.165) is 16.9 Å². The molecular weight excluding hydrogens is 347 g/mol. The first-order valence-electron chi connectivity index (χ1n) is 7.61. The Morgan fingerprint density at radius 1 is 0.958 bits per heavy atom. The van der Waals surface area contributed by atoms with E-state index in [-0.39, 0.29) is 0 Å². The van der Waals surface area contributed by atoms with Crippen LogP contribution in [0.25, 0.3) is 5.57 Å². The summed E-state index contributed by atoms with van der Waals surface area (Å²) in [5, 5.41) is 0.997. The molecule has 2 aromatic carbocycles. The maximum Gasteiger partial charge on any atom is 0.331 e. The minimum atomic E-state index is -0.419. The van der Waals surface area contributed by atoms with Crippen LogP contribution in [0.3, 0.4) is 0 Å². The van der Waals surface area contributed by atoms with Crippen LogP contribution in [0.15, 0.2) is 48.5 Å². The van der Waals surface area contributed by atoms with Crippen LogP contribution in [-0.4, -0.2) is 19.2 Å². The third kappa shape index (κ3) is 5.02. The number of benzene rings is 2. The number of carbonyl (C=O) groups excluding carboxylic acids is 1. The second-order valence-corrected chi connectivity index (χ2v) is 5.80. The Hall–Kier alpha value is -1.97. The van der Waals surface area contributed by atoms with Gasteiger partial charge >= 0.3 is 5.97 Å². The van der Waals surface area contributed by atoms with E-state index in [4.69, 9.17) is 32.7 Å². The van der Waals surface area contributed by atoms with Gasteiger partial charge in [0.05, 0.1) is 13.2 Å². The fraction of sp³-hybridized carbons (Fsp3) is 0.211. The quantitative estimate of drug-likeness (QED) is 0.509. The Morgan fingerprint density at radius 2 is 1.58 bits per heavy atom. The molecule has 0 bridgehead atoms. The molecule has 0 aliphatic heterocycles. The van der Waals surface area contributed by atoms with Crippen molar-refractivity contribution < 1.29 is 14.3 Å². The fourth-order valence-electron chi connectivity index (χ4n) is 2.24. The highest BCUT2D eigenvalue weighted by molar-refractivity contribution is 6.35. The van der Waals surface area contributed by atoms with Crippen LogP contribution < -0.4 is 4.74 Å². The van der Waals surface area contributed by atoms with Crippen LogP contribution in [0.5, 0.6) is 5.75 Å². The van der Waals surface area contributed by atoms with Gasteiger partial charge in [-0.15, -0.1) is 0 Å². The van der Waals surface area contributed by atoms with E-state index in [2.05, 4.69) is 0 Å². The Balaban J connectivity index is 2.48. The standard InChI is InChI=1S/C19H18Cl2O3/c1-3-23-17-7-5-13(6-8-17)18(12-19(22)24-4-2)14-9-15(20)11-16(21)10-14/h5-12H,3-4H2,1-2H3/b18-12+. The fourth-order valence-corrected chi connectivity index (χ4v) is 2.77. The van der Waals surface area contributed by atoms with E-state index in [0.29, 0.717) is 28.8 Å². The van der Waals surface area contributed by atoms with Gasteiger partial charge in [0.1, 0.15) is 5.75 Å². The summed E-state index contributed by atoms with van der Waals surface area (Å²) in [5.74, 6) is 0.346. The van der Waals surface area contributed by atoms with Crippen molar-refractivity contribution in [2.45, 2.75) is 13.8 Å². The SMILES string of the molecule is CCOC(=O)/C=C(\c1ccc(OCC)cc1)c1cc(Cl)cc(Cl)c1. The first-order valence-corrected chi connectivity index (χ1v) is 8.37. The molecule has 0 aliphatic carbocycles. The molecule has 0 saturated carbocycles. The van der Waals surface area contributed by atoms with Gasteiger partial charge in [-0.3, -0.25) is 0 Å². The monoisotopic (exact) mass is 364 g/mol. The number of halogens is 2. The van der Waals surface area contributed by atoms with Gasteiger partial charge in [-0.2, -0.15) is 0 Å². The molecule has 3 nitrogen and oxygen atoms in total. The first-order chi connectivity index (χ1) is 11.5. The summed E-state index contributed by atoms with van der Waals surface area (Å²) < 4.78 is 10.5. The number of hydrogen-bond acceptors (Lipinski definition) is 3. The van der Waals surface area contributed by atoms with E-state index >= 15 is 0 Å². The Kier molecular flexibility index (Phi) is 6.71. The number of carbonyl (C=O) groups is 1. The lowest BCUT2D eigenvalue weighted by atomic mass is 9.97. The summed E-state index contributed by atoms with van der Waals surface area (Å²) in [5.41, 5.74) is 2.26. The van der Waals surface area contributed by atoms with Gasteiger partial charge in [0.25, 0.3) is 0 Å². The highest BCUT2D eigenvalue weighted by atomic mass is 35.5. The second-order valence-electron chi connectivity index (χ2n) is 4.93. The van der Waals surface area contributed by atoms with E-state index in [9.17, 15) is 4.79 Å². The minimum absolute atomic E-state index is 0.308. The number of ether oxygens (including phenoxy) is 2. The van der Waals surface area contributed by atoms with Crippen LogP contribution in [-0.2, 0) is 9.53 Å². The van der Waals surface area contributed by atoms with Crippen molar-refractivity contribution in [1.29, 1.82) is 0 Å². The number of hydrogen-bond donors (Lipinski definition) is 0. The van der Waals surface area contributed by atoms with Gasteiger partial charge in [0.15, 0.2) is 0 Å². The van der Waals surface area contributed by atoms with Crippen molar-refractivity contribution >= 4 is 34.7 Å². The third-order valence-electron chi connectivity index (χ3n) is 3.20. The van der Waals surface area contributed by atoms with E-state index in [1.165, 1.54) is 6.08 Å². The predicted octanol–water partition coefficient (Wildman–Crippen LogP) is 5.39. The lowest BCUT2D eigenvalue weighted by Gasteiger charge is -2.11. The number of rotatable bonds is 6. The summed E-state index contributed by atoms with van der Waals surface area (Å²) in [6, 6.07) is 12.6. The normalized spacial score (nSPS) is 11.2. The van der Waals surface area contributed by atoms with Crippen LogP contribution in [0.4, 0.5) is 0 Å². The van der Waals surface area contributed by atoms with Crippen molar-refractivity contribution in [1.82, 2.24) is 0 Å². The zero-order chi connectivity index (χ0) is 17.5. The minimum Gasteiger partial charge on any atom is -0.494 e. The molecule has 0 aromatic heterocycles. The molecule has 0 spiro atoms. The highest BCUT2D eigenvalue weighted by Crippen LogP contribution is 2.30. The topological polar surface area (TPSA) is 35.5 Å². The molecule has 0 amide bonds. The highest BCUT2D eigenvalue weighted by Gasteiger charge is 2.11. The summed E-state index contributed by atoms with van der Waals surface area (Å²) >= 11 is 12.2. The van der Waals surface area contributed by atoms with Crippen molar-refractivity contribution in [3.8, 4) is 5.75 Å². The average Bonchev–Trinajstić information content (AvgIpc) is 2.53. The van der Waals surface area contributed by atoms with E-state index in [1.807, 2.05) is 31.2 Å². The van der Waals surface area contributed by atoms with Crippen molar-refractivity contribution in [2.75, 3.05) is 13.2 Å². The maximum absolute atomic E-state index is 12.0. The molecule has 0 heterocycles. The third-order valence-corrected chi connectivity index (χ3v) is 3.64. The van der Waals surface area contributed by atoms with E-state index in [1.54, 1.807) is 25.1 Å². The zero-order valence-electron chi connectivity index (χ0n) is 13.5. The molecule has 24 heavy (non-hydrogen) atoms. The molecule has 0 radical (unpaired) electrons. The molecule has 2 aromatic rings. The molecule has 126 valence electrons. The molecular formula is C19H18Cl2O3. The second kappa shape index (κ2) is 8.76. The largest absolute Gasteiger partial charge is 0.494 e. The lowest BCUT2D eigenvalue weighted by molar-refractivity contribution is -0.137. The van der Waals surface area contributed by atoms with Crippen molar-refractivity contribution in [3.63, 3.8) is 0 Å². The van der Waals surface area contributed by atoms with Crippen LogP contribution in [0.2, 0.25) is 10.0 Å². The van der Waals surface area contributed by atoms with Crippen molar-refractivity contribution in [2.24, 2.45) is 0 Å². The Bertz CT molecular complexity index is 717. The van der Waals surface area contributed by atoms with Crippen LogP contribution >= 0.6 is 23.2 Å². The molecule has 2 rings (SSSR count). The summed E-state index contributed by atoms with van der Waals surface area (Å²) in [6.45, 7) is 4.59. The van der Waals surface area contributed by atoms with Crippen LogP contribution in [0.1, 0.15) is 25.0 Å². The van der Waals surface area contributed by atoms with E-state index < -0.39 is 5.97 Å². The predicted molar refractivity (Wildman–Crippen MR) is 97.8 cm³/mol. The first kappa shape index (κ1) is 18.4. The van der Waals surface area contributed by atoms with Crippen LogP contribution in [0, 0.1) is 0 Å². The van der Waals surface area contributed by atoms with Gasteiger partial charge in [0.2, 0.25) is 0 Å². The molecule has 0 aliphatic rings. The molecule has 0 N–H and O–H groups in total. The lowest BCUT2D eigenvalue weighted by Crippen LogP contribution is -2.02. The summed E-state index contributed by atoms with van der Waals surface area (Å²) in [6.07, 6.45) is 1.45. The Labute approximate surface area is 151 Å².